The first-order chi connectivity index (χ1) is 7.29. The average molecular weight is 217 g/mol. The number of hydrogen-bond donors (Lipinski definition) is 1. The van der Waals surface area contributed by atoms with Crippen LogP contribution in [0.15, 0.2) is 0 Å². The molecule has 0 aliphatic carbocycles. The normalized spacial score (nSPS) is 22.6. The molecule has 4 nitrogen and oxygen atoms in total. The average Bonchev–Trinajstić information content (AvgIpc) is 2.30. The molecule has 0 aromatic carbocycles. The van der Waals surface area contributed by atoms with Crippen LogP contribution in [0.4, 0.5) is 0 Å². The van der Waals surface area contributed by atoms with Crippen LogP contribution >= 0.6 is 0 Å². The van der Waals surface area contributed by atoms with Crippen LogP contribution in [0.5, 0.6) is 0 Å². The number of methoxy groups -OCH3 is 2. The van der Waals surface area contributed by atoms with Crippen LogP contribution in [0.25, 0.3) is 0 Å². The number of rotatable bonds is 6. The summed E-state index contributed by atoms with van der Waals surface area (Å²) in [7, 11) is 3.51. The molecule has 1 rings (SSSR count). The van der Waals surface area contributed by atoms with Gasteiger partial charge in [-0.15, -0.1) is 0 Å². The Kier molecular flexibility index (Phi) is 5.53. The lowest BCUT2D eigenvalue weighted by atomic mass is 9.86. The molecule has 0 aromatic heterocycles. The van der Waals surface area contributed by atoms with Gasteiger partial charge in [-0.1, -0.05) is 6.92 Å². The molecule has 15 heavy (non-hydrogen) atoms. The fraction of sp³-hybridized carbons (Fsp3) is 1.00. The first-order valence-corrected chi connectivity index (χ1v) is 5.64. The van der Waals surface area contributed by atoms with Gasteiger partial charge in [0, 0.05) is 40.3 Å². The van der Waals surface area contributed by atoms with Gasteiger partial charge in [0.1, 0.15) is 0 Å². The quantitative estimate of drug-likeness (QED) is 0.714. The topological polar surface area (TPSA) is 39.7 Å². The van der Waals surface area contributed by atoms with Gasteiger partial charge in [-0.05, 0) is 6.54 Å². The monoisotopic (exact) mass is 217 g/mol. The highest BCUT2D eigenvalue weighted by atomic mass is 16.5. The summed E-state index contributed by atoms with van der Waals surface area (Å²) < 4.78 is 16.4. The Labute approximate surface area is 92.3 Å². The predicted octanol–water partition coefficient (Wildman–Crippen LogP) is 0.806. The molecule has 0 spiro atoms. The van der Waals surface area contributed by atoms with E-state index in [-0.39, 0.29) is 11.6 Å². The molecule has 1 aliphatic rings. The second-order valence-electron chi connectivity index (χ2n) is 3.95. The van der Waals surface area contributed by atoms with E-state index in [0.717, 1.165) is 32.6 Å². The van der Waals surface area contributed by atoms with E-state index in [1.54, 1.807) is 14.2 Å². The summed E-state index contributed by atoms with van der Waals surface area (Å²) in [6, 6.07) is 0.251. The Morgan fingerprint density at radius 1 is 1.33 bits per heavy atom. The Hall–Kier alpha value is -0.160. The van der Waals surface area contributed by atoms with E-state index in [1.807, 2.05) is 0 Å². The molecule has 0 aromatic rings. The zero-order chi connectivity index (χ0) is 11.1. The van der Waals surface area contributed by atoms with Gasteiger partial charge in [0.15, 0.2) is 0 Å². The lowest BCUT2D eigenvalue weighted by molar-refractivity contribution is -0.119. The molecule has 1 aliphatic heterocycles. The third kappa shape index (κ3) is 3.14. The zero-order valence-corrected chi connectivity index (χ0v) is 10.0. The van der Waals surface area contributed by atoms with Crippen molar-refractivity contribution >= 4 is 0 Å². The molecule has 1 fully saturated rings. The van der Waals surface area contributed by atoms with Gasteiger partial charge in [-0.2, -0.15) is 0 Å². The third-order valence-corrected chi connectivity index (χ3v) is 3.16. The van der Waals surface area contributed by atoms with Gasteiger partial charge >= 0.3 is 0 Å². The highest BCUT2D eigenvalue weighted by Crippen LogP contribution is 2.28. The Morgan fingerprint density at radius 3 is 2.47 bits per heavy atom. The lowest BCUT2D eigenvalue weighted by Gasteiger charge is -2.42. The van der Waals surface area contributed by atoms with Crippen molar-refractivity contribution in [3.63, 3.8) is 0 Å². The molecule has 0 amide bonds. The van der Waals surface area contributed by atoms with Crippen LogP contribution in [0.3, 0.4) is 0 Å². The minimum absolute atomic E-state index is 0.121. The number of likely N-dealkylation sites (N-methyl/N-ethyl adjacent to an activating group) is 1. The Balaban J connectivity index is 2.65. The molecule has 0 saturated carbocycles. The van der Waals surface area contributed by atoms with E-state index >= 15 is 0 Å². The maximum absolute atomic E-state index is 5.72. The van der Waals surface area contributed by atoms with Crippen LogP contribution in [0, 0.1) is 0 Å². The smallest absolute Gasteiger partial charge is 0.0897 e. The summed E-state index contributed by atoms with van der Waals surface area (Å²) in [5.41, 5.74) is -0.121. The van der Waals surface area contributed by atoms with Crippen LogP contribution in [0.2, 0.25) is 0 Å². The van der Waals surface area contributed by atoms with Crippen molar-refractivity contribution in [2.24, 2.45) is 0 Å². The molecule has 1 atom stereocenters. The summed E-state index contributed by atoms with van der Waals surface area (Å²) in [5, 5.41) is 3.44. The van der Waals surface area contributed by atoms with Gasteiger partial charge < -0.3 is 19.5 Å². The molecule has 4 heteroatoms. The molecule has 90 valence electrons. The van der Waals surface area contributed by atoms with E-state index in [2.05, 4.69) is 12.2 Å². The molecule has 1 N–H and O–H groups in total. The SMILES string of the molecule is CCNC(COC)C1(OC)CCOCC1. The third-order valence-electron chi connectivity index (χ3n) is 3.16. The molecule has 1 saturated heterocycles. The van der Waals surface area contributed by atoms with E-state index in [0.29, 0.717) is 6.61 Å². The van der Waals surface area contributed by atoms with E-state index in [4.69, 9.17) is 14.2 Å². The zero-order valence-electron chi connectivity index (χ0n) is 10.0. The Morgan fingerprint density at radius 2 is 2.00 bits per heavy atom. The minimum atomic E-state index is -0.121. The molecular formula is C11H23NO3. The van der Waals surface area contributed by atoms with Crippen molar-refractivity contribution in [2.75, 3.05) is 40.6 Å². The largest absolute Gasteiger partial charge is 0.383 e. The van der Waals surface area contributed by atoms with Gasteiger partial charge in [0.05, 0.1) is 18.2 Å². The van der Waals surface area contributed by atoms with E-state index in [1.165, 1.54) is 0 Å². The summed E-state index contributed by atoms with van der Waals surface area (Å²) in [4.78, 5) is 0. The maximum atomic E-state index is 5.72. The summed E-state index contributed by atoms with van der Waals surface area (Å²) >= 11 is 0. The highest BCUT2D eigenvalue weighted by molar-refractivity contribution is 4.94. The van der Waals surface area contributed by atoms with Crippen molar-refractivity contribution in [2.45, 2.75) is 31.4 Å². The molecule has 1 unspecified atom stereocenters. The molecule has 0 radical (unpaired) electrons. The van der Waals surface area contributed by atoms with Crippen molar-refractivity contribution in [1.29, 1.82) is 0 Å². The lowest BCUT2D eigenvalue weighted by Crippen LogP contribution is -2.57. The van der Waals surface area contributed by atoms with Crippen LogP contribution < -0.4 is 5.32 Å². The summed E-state index contributed by atoms with van der Waals surface area (Å²) in [5.74, 6) is 0. The predicted molar refractivity (Wildman–Crippen MR) is 59.1 cm³/mol. The van der Waals surface area contributed by atoms with Gasteiger partial charge in [0.25, 0.3) is 0 Å². The minimum Gasteiger partial charge on any atom is -0.383 e. The number of ether oxygens (including phenoxy) is 3. The van der Waals surface area contributed by atoms with Gasteiger partial charge in [-0.3, -0.25) is 0 Å². The van der Waals surface area contributed by atoms with E-state index < -0.39 is 0 Å². The van der Waals surface area contributed by atoms with Gasteiger partial charge in [0.2, 0.25) is 0 Å². The van der Waals surface area contributed by atoms with Crippen molar-refractivity contribution in [3.05, 3.63) is 0 Å². The molecule has 0 bridgehead atoms. The Bertz CT molecular complexity index is 163. The number of nitrogens with one attached hydrogen (secondary N) is 1. The molecular weight excluding hydrogens is 194 g/mol. The summed E-state index contributed by atoms with van der Waals surface area (Å²) in [6.45, 7) is 5.27. The molecule has 1 heterocycles. The first-order valence-electron chi connectivity index (χ1n) is 5.64. The van der Waals surface area contributed by atoms with Crippen LogP contribution in [-0.4, -0.2) is 52.2 Å². The highest BCUT2D eigenvalue weighted by Gasteiger charge is 2.40. The van der Waals surface area contributed by atoms with E-state index in [9.17, 15) is 0 Å². The maximum Gasteiger partial charge on any atom is 0.0897 e. The van der Waals surface area contributed by atoms with Crippen molar-refractivity contribution < 1.29 is 14.2 Å². The van der Waals surface area contributed by atoms with Crippen molar-refractivity contribution in [3.8, 4) is 0 Å². The standard InChI is InChI=1S/C11H23NO3/c1-4-12-10(9-13-2)11(14-3)5-7-15-8-6-11/h10,12H,4-9H2,1-3H3. The first kappa shape index (κ1) is 12.9. The number of hydrogen-bond acceptors (Lipinski definition) is 4. The second-order valence-corrected chi connectivity index (χ2v) is 3.95. The second kappa shape index (κ2) is 6.43. The van der Waals surface area contributed by atoms with Crippen LogP contribution in [0.1, 0.15) is 19.8 Å². The fourth-order valence-corrected chi connectivity index (χ4v) is 2.22. The van der Waals surface area contributed by atoms with Crippen LogP contribution in [-0.2, 0) is 14.2 Å². The van der Waals surface area contributed by atoms with Crippen molar-refractivity contribution in [1.82, 2.24) is 5.32 Å². The summed E-state index contributed by atoms with van der Waals surface area (Å²) in [6.07, 6.45) is 1.87. The van der Waals surface area contributed by atoms with Gasteiger partial charge in [-0.25, -0.2) is 0 Å². The fourth-order valence-electron chi connectivity index (χ4n) is 2.22.